The SMILES string of the molecule is CC(CN)(C1CC1)N1C(=O)CCCCC1=O. The Bertz CT molecular complexity index is 294. The molecule has 90 valence electrons. The lowest BCUT2D eigenvalue weighted by molar-refractivity contribution is -0.151. The molecule has 0 radical (unpaired) electrons. The van der Waals surface area contributed by atoms with Gasteiger partial charge in [0, 0.05) is 19.4 Å². The van der Waals surface area contributed by atoms with Crippen molar-refractivity contribution in [1.82, 2.24) is 4.90 Å². The van der Waals surface area contributed by atoms with E-state index in [0.29, 0.717) is 25.3 Å². The highest BCUT2D eigenvalue weighted by atomic mass is 16.2. The summed E-state index contributed by atoms with van der Waals surface area (Å²) in [5.41, 5.74) is 5.38. The molecule has 16 heavy (non-hydrogen) atoms. The van der Waals surface area contributed by atoms with Crippen molar-refractivity contribution in [2.24, 2.45) is 11.7 Å². The van der Waals surface area contributed by atoms with Crippen LogP contribution in [0.5, 0.6) is 0 Å². The van der Waals surface area contributed by atoms with E-state index in [1.165, 1.54) is 4.90 Å². The zero-order chi connectivity index (χ0) is 11.8. The third-order valence-electron chi connectivity index (χ3n) is 3.91. The van der Waals surface area contributed by atoms with Crippen LogP contribution in [-0.2, 0) is 9.59 Å². The van der Waals surface area contributed by atoms with Gasteiger partial charge in [-0.15, -0.1) is 0 Å². The highest BCUT2D eigenvalue weighted by Gasteiger charge is 2.49. The van der Waals surface area contributed by atoms with Crippen molar-refractivity contribution in [2.75, 3.05) is 6.54 Å². The molecule has 1 saturated carbocycles. The number of carbonyl (C=O) groups excluding carboxylic acids is 2. The Hall–Kier alpha value is -0.900. The van der Waals surface area contributed by atoms with E-state index in [1.54, 1.807) is 0 Å². The summed E-state index contributed by atoms with van der Waals surface area (Å²) in [7, 11) is 0. The summed E-state index contributed by atoms with van der Waals surface area (Å²) in [6.45, 7) is 2.35. The Balaban J connectivity index is 2.26. The standard InChI is InChI=1S/C12H20N2O2/c1-12(8-13,9-6-7-9)14-10(15)4-2-3-5-11(14)16/h9H,2-8,13H2,1H3. The maximum atomic E-state index is 12.0. The first-order valence-electron chi connectivity index (χ1n) is 6.15. The summed E-state index contributed by atoms with van der Waals surface area (Å²) >= 11 is 0. The number of nitrogens with zero attached hydrogens (tertiary/aromatic N) is 1. The van der Waals surface area contributed by atoms with Crippen LogP contribution in [0.3, 0.4) is 0 Å². The number of likely N-dealkylation sites (tertiary alicyclic amines) is 1. The molecule has 0 spiro atoms. The van der Waals surface area contributed by atoms with Crippen LogP contribution in [0.4, 0.5) is 0 Å². The van der Waals surface area contributed by atoms with Gasteiger partial charge in [-0.1, -0.05) is 0 Å². The van der Waals surface area contributed by atoms with Crippen molar-refractivity contribution in [3.05, 3.63) is 0 Å². The fourth-order valence-corrected chi connectivity index (χ4v) is 2.63. The van der Waals surface area contributed by atoms with Crippen LogP contribution < -0.4 is 5.73 Å². The van der Waals surface area contributed by atoms with Crippen molar-refractivity contribution in [1.29, 1.82) is 0 Å². The number of rotatable bonds is 3. The van der Waals surface area contributed by atoms with Gasteiger partial charge in [0.2, 0.25) is 11.8 Å². The third kappa shape index (κ3) is 1.86. The minimum atomic E-state index is -0.432. The fourth-order valence-electron chi connectivity index (χ4n) is 2.63. The van der Waals surface area contributed by atoms with E-state index in [9.17, 15) is 9.59 Å². The van der Waals surface area contributed by atoms with Gasteiger partial charge in [-0.05, 0) is 38.5 Å². The maximum absolute atomic E-state index is 12.0. The monoisotopic (exact) mass is 224 g/mol. The quantitative estimate of drug-likeness (QED) is 0.729. The Morgan fingerprint density at radius 3 is 2.12 bits per heavy atom. The topological polar surface area (TPSA) is 63.4 Å². The molecule has 2 fully saturated rings. The molecule has 1 aliphatic heterocycles. The molecule has 0 bridgehead atoms. The highest BCUT2D eigenvalue weighted by Crippen LogP contribution is 2.43. The molecule has 2 aliphatic rings. The first-order valence-corrected chi connectivity index (χ1v) is 6.15. The molecule has 1 unspecified atom stereocenters. The van der Waals surface area contributed by atoms with Crippen LogP contribution in [0, 0.1) is 5.92 Å². The molecule has 1 aliphatic carbocycles. The summed E-state index contributed by atoms with van der Waals surface area (Å²) in [5.74, 6) is 0.369. The second-order valence-corrected chi connectivity index (χ2v) is 5.17. The lowest BCUT2D eigenvalue weighted by Gasteiger charge is -2.39. The number of carbonyl (C=O) groups is 2. The van der Waals surface area contributed by atoms with Gasteiger partial charge in [0.25, 0.3) is 0 Å². The first kappa shape index (κ1) is 11.6. The van der Waals surface area contributed by atoms with Gasteiger partial charge < -0.3 is 5.73 Å². The van der Waals surface area contributed by atoms with Crippen LogP contribution in [0.15, 0.2) is 0 Å². The Morgan fingerprint density at radius 2 is 1.75 bits per heavy atom. The average Bonchev–Trinajstić information content (AvgIpc) is 3.07. The van der Waals surface area contributed by atoms with Crippen LogP contribution in [0.25, 0.3) is 0 Å². The van der Waals surface area contributed by atoms with Crippen LogP contribution >= 0.6 is 0 Å². The summed E-state index contributed by atoms with van der Waals surface area (Å²) in [6.07, 6.45) is 4.82. The van der Waals surface area contributed by atoms with Crippen LogP contribution in [0.1, 0.15) is 45.4 Å². The van der Waals surface area contributed by atoms with E-state index in [4.69, 9.17) is 5.73 Å². The van der Waals surface area contributed by atoms with Crippen molar-refractivity contribution in [3.63, 3.8) is 0 Å². The van der Waals surface area contributed by atoms with Gasteiger partial charge >= 0.3 is 0 Å². The lowest BCUT2D eigenvalue weighted by Crippen LogP contribution is -2.57. The van der Waals surface area contributed by atoms with Crippen molar-refractivity contribution < 1.29 is 9.59 Å². The predicted molar refractivity (Wildman–Crippen MR) is 60.5 cm³/mol. The molecule has 0 aromatic heterocycles. The Morgan fingerprint density at radius 1 is 1.25 bits per heavy atom. The average molecular weight is 224 g/mol. The molecule has 2 amide bonds. The molecule has 0 aromatic carbocycles. The first-order chi connectivity index (χ1) is 7.59. The zero-order valence-corrected chi connectivity index (χ0v) is 9.87. The van der Waals surface area contributed by atoms with Crippen molar-refractivity contribution >= 4 is 11.8 Å². The molecule has 2 N–H and O–H groups in total. The van der Waals surface area contributed by atoms with E-state index in [-0.39, 0.29) is 11.8 Å². The number of imide groups is 1. The smallest absolute Gasteiger partial charge is 0.229 e. The second kappa shape index (κ2) is 4.17. The zero-order valence-electron chi connectivity index (χ0n) is 9.87. The normalized spacial score (nSPS) is 26.5. The van der Waals surface area contributed by atoms with Crippen molar-refractivity contribution in [2.45, 2.75) is 51.0 Å². The van der Waals surface area contributed by atoms with Gasteiger partial charge in [0.15, 0.2) is 0 Å². The molecule has 1 saturated heterocycles. The largest absolute Gasteiger partial charge is 0.328 e. The number of amides is 2. The maximum Gasteiger partial charge on any atom is 0.229 e. The van der Waals surface area contributed by atoms with Gasteiger partial charge in [-0.25, -0.2) is 0 Å². The number of hydrogen-bond acceptors (Lipinski definition) is 3. The van der Waals surface area contributed by atoms with E-state index in [1.807, 2.05) is 6.92 Å². The summed E-state index contributed by atoms with van der Waals surface area (Å²) in [6, 6.07) is 0. The summed E-state index contributed by atoms with van der Waals surface area (Å²) < 4.78 is 0. The van der Waals surface area contributed by atoms with Gasteiger partial charge in [-0.3, -0.25) is 14.5 Å². The van der Waals surface area contributed by atoms with Gasteiger partial charge in [0.1, 0.15) is 0 Å². The molecule has 1 atom stereocenters. The van der Waals surface area contributed by atoms with E-state index < -0.39 is 5.54 Å². The molecule has 0 aromatic rings. The summed E-state index contributed by atoms with van der Waals surface area (Å²) in [4.78, 5) is 25.5. The Kier molecular flexibility index (Phi) is 3.02. The second-order valence-electron chi connectivity index (χ2n) is 5.17. The van der Waals surface area contributed by atoms with E-state index in [0.717, 1.165) is 25.7 Å². The predicted octanol–water partition coefficient (Wildman–Crippen LogP) is 1.04. The van der Waals surface area contributed by atoms with E-state index in [2.05, 4.69) is 0 Å². The van der Waals surface area contributed by atoms with Crippen LogP contribution in [-0.4, -0.2) is 28.8 Å². The molecule has 1 heterocycles. The third-order valence-corrected chi connectivity index (χ3v) is 3.91. The molecular weight excluding hydrogens is 204 g/mol. The molecule has 2 rings (SSSR count). The molecule has 4 nitrogen and oxygen atoms in total. The van der Waals surface area contributed by atoms with Crippen molar-refractivity contribution in [3.8, 4) is 0 Å². The minimum Gasteiger partial charge on any atom is -0.328 e. The number of nitrogens with two attached hydrogens (primary N) is 1. The molecule has 4 heteroatoms. The Labute approximate surface area is 96.2 Å². The lowest BCUT2D eigenvalue weighted by atomic mass is 9.92. The fraction of sp³-hybridized carbons (Fsp3) is 0.833. The van der Waals surface area contributed by atoms with Gasteiger partial charge in [-0.2, -0.15) is 0 Å². The minimum absolute atomic E-state index is 0.0256. The van der Waals surface area contributed by atoms with E-state index >= 15 is 0 Å². The summed E-state index contributed by atoms with van der Waals surface area (Å²) in [5, 5.41) is 0. The molecular formula is C12H20N2O2. The van der Waals surface area contributed by atoms with Gasteiger partial charge in [0.05, 0.1) is 5.54 Å². The number of hydrogen-bond donors (Lipinski definition) is 1. The highest BCUT2D eigenvalue weighted by molar-refractivity contribution is 5.97. The van der Waals surface area contributed by atoms with Crippen LogP contribution in [0.2, 0.25) is 0 Å².